The molecule has 40 heavy (non-hydrogen) atoms. The normalized spacial score (nSPS) is 13.1. The lowest BCUT2D eigenvalue weighted by molar-refractivity contribution is -0.399. The summed E-state index contributed by atoms with van der Waals surface area (Å²) in [5, 5.41) is 0. The second-order valence-corrected chi connectivity index (χ2v) is 12.4. The molecule has 0 radical (unpaired) electrons. The van der Waals surface area contributed by atoms with Crippen molar-refractivity contribution in [2.45, 2.75) is 131 Å². The van der Waals surface area contributed by atoms with Crippen LogP contribution < -0.4 is 0 Å². The summed E-state index contributed by atoms with van der Waals surface area (Å²) < 4.78 is 20.3. The predicted molar refractivity (Wildman–Crippen MR) is 130 cm³/mol. The Morgan fingerprint density at radius 2 is 0.475 bits per heavy atom. The summed E-state index contributed by atoms with van der Waals surface area (Å²) in [6.07, 6.45) is -6.50. The number of carbonyl (C=O) groups is 4. The van der Waals surface area contributed by atoms with Crippen molar-refractivity contribution in [2.75, 3.05) is 0 Å². The molecule has 0 rings (SSSR count). The van der Waals surface area contributed by atoms with Crippen LogP contribution in [-0.4, -0.2) is 58.6 Å². The van der Waals surface area contributed by atoms with Gasteiger partial charge in [-0.3, -0.25) is 19.6 Å². The molecule has 0 aromatic rings. The van der Waals surface area contributed by atoms with Crippen molar-refractivity contribution in [1.82, 2.24) is 0 Å². The topological polar surface area (TPSA) is 179 Å². The molecule has 0 saturated carbocycles. The van der Waals surface area contributed by atoms with Crippen LogP contribution >= 0.6 is 0 Å². The second-order valence-electron chi connectivity index (χ2n) is 12.4. The van der Waals surface area contributed by atoms with Crippen molar-refractivity contribution in [3.05, 3.63) is 0 Å². The zero-order valence-electron chi connectivity index (χ0n) is 25.5. The molecule has 0 atom stereocenters. The van der Waals surface area contributed by atoms with E-state index in [9.17, 15) is 19.2 Å². The maximum atomic E-state index is 12.5. The van der Waals surface area contributed by atoms with E-state index in [1.54, 1.807) is 83.1 Å². The summed E-state index contributed by atoms with van der Waals surface area (Å²) >= 11 is 0. The van der Waals surface area contributed by atoms with Gasteiger partial charge in [0.05, 0.1) is 0 Å². The largest absolute Gasteiger partial charge is 0.544 e. The highest BCUT2D eigenvalue weighted by atomic mass is 17.3. The third kappa shape index (κ3) is 16.1. The van der Waals surface area contributed by atoms with Crippen molar-refractivity contribution in [2.24, 2.45) is 0 Å². The first-order chi connectivity index (χ1) is 17.7. The standard InChI is InChI=1S/C24H42O16/c1-19(2,3)37-33-15(25)29-23(13,30-16(26)34-38-20(4,5)6)24(14,31-17(27)35-39-21(7,8)9)32-18(28)36-40-22(10,11)12/h1-14H3. The van der Waals surface area contributed by atoms with E-state index in [4.69, 9.17) is 38.5 Å². The van der Waals surface area contributed by atoms with Crippen LogP contribution in [-0.2, 0) is 58.0 Å². The van der Waals surface area contributed by atoms with Crippen molar-refractivity contribution >= 4 is 24.6 Å². The molecule has 0 aromatic carbocycles. The van der Waals surface area contributed by atoms with E-state index in [1.807, 2.05) is 0 Å². The summed E-state index contributed by atoms with van der Waals surface area (Å²) in [7, 11) is 0. The maximum absolute atomic E-state index is 12.5. The molecular weight excluding hydrogens is 544 g/mol. The molecular formula is C24H42O16. The molecule has 0 heterocycles. The summed E-state index contributed by atoms with van der Waals surface area (Å²) in [5.74, 6) is -5.80. The number of carbonyl (C=O) groups excluding carboxylic acids is 4. The number of ether oxygens (including phenoxy) is 4. The summed E-state index contributed by atoms with van der Waals surface area (Å²) in [6, 6.07) is 0. The SMILES string of the molecule is CC(C)(C)OOC(=O)OC(C)(OC(=O)OOC(C)(C)C)C(C)(OC(=O)OOC(C)(C)C)OC(=O)OOC(C)(C)C. The lowest BCUT2D eigenvalue weighted by Crippen LogP contribution is -2.60. The van der Waals surface area contributed by atoms with E-state index >= 15 is 0 Å². The molecule has 16 heteroatoms. The predicted octanol–water partition coefficient (Wildman–Crippen LogP) is 5.95. The Morgan fingerprint density at radius 3 is 0.600 bits per heavy atom. The third-order valence-electron chi connectivity index (χ3n) is 3.38. The van der Waals surface area contributed by atoms with Gasteiger partial charge < -0.3 is 18.9 Å². The minimum Gasteiger partial charge on any atom is -0.381 e. The van der Waals surface area contributed by atoms with Crippen LogP contribution in [0.3, 0.4) is 0 Å². The lowest BCUT2D eigenvalue weighted by Gasteiger charge is -2.39. The van der Waals surface area contributed by atoms with Gasteiger partial charge in [0.1, 0.15) is 22.4 Å². The number of rotatable bonds is 9. The van der Waals surface area contributed by atoms with Crippen LogP contribution in [0.15, 0.2) is 0 Å². The van der Waals surface area contributed by atoms with Crippen molar-refractivity contribution in [1.29, 1.82) is 0 Å². The van der Waals surface area contributed by atoms with Gasteiger partial charge >= 0.3 is 36.2 Å². The second kappa shape index (κ2) is 13.5. The molecule has 0 aromatic heterocycles. The molecule has 0 aliphatic heterocycles. The molecule has 0 bridgehead atoms. The Morgan fingerprint density at radius 1 is 0.325 bits per heavy atom. The minimum atomic E-state index is -2.90. The van der Waals surface area contributed by atoms with E-state index < -0.39 is 58.6 Å². The lowest BCUT2D eigenvalue weighted by atomic mass is 10.1. The first-order valence-corrected chi connectivity index (χ1v) is 12.0. The van der Waals surface area contributed by atoms with Gasteiger partial charge in [-0.05, 0) is 83.1 Å². The molecule has 0 aliphatic carbocycles. The zero-order valence-corrected chi connectivity index (χ0v) is 25.5. The van der Waals surface area contributed by atoms with Gasteiger partial charge in [-0.25, -0.2) is 19.2 Å². The molecule has 0 aliphatic rings. The Kier molecular flexibility index (Phi) is 12.5. The van der Waals surface area contributed by atoms with Gasteiger partial charge in [0.2, 0.25) is 0 Å². The number of hydrogen-bond acceptors (Lipinski definition) is 16. The average Bonchev–Trinajstić information content (AvgIpc) is 2.71. The molecule has 234 valence electrons. The minimum absolute atomic E-state index is 0.847. The van der Waals surface area contributed by atoms with Crippen LogP contribution in [0, 0.1) is 0 Å². The van der Waals surface area contributed by atoms with Crippen molar-refractivity contribution in [3.8, 4) is 0 Å². The smallest absolute Gasteiger partial charge is 0.381 e. The Hall–Kier alpha value is -3.08. The first kappa shape index (κ1) is 36.9. The molecule has 0 N–H and O–H groups in total. The Balaban J connectivity index is 6.40. The summed E-state index contributed by atoms with van der Waals surface area (Å²) in [4.78, 5) is 87.9. The first-order valence-electron chi connectivity index (χ1n) is 12.0. The van der Waals surface area contributed by atoms with Crippen LogP contribution in [0.4, 0.5) is 19.2 Å². The van der Waals surface area contributed by atoms with Gasteiger partial charge in [0, 0.05) is 13.8 Å². The van der Waals surface area contributed by atoms with Crippen LogP contribution in [0.25, 0.3) is 0 Å². The third-order valence-corrected chi connectivity index (χ3v) is 3.38. The van der Waals surface area contributed by atoms with Gasteiger partial charge in [-0.15, -0.1) is 0 Å². The van der Waals surface area contributed by atoms with E-state index in [2.05, 4.69) is 19.6 Å². The Labute approximate surface area is 233 Å². The summed E-state index contributed by atoms with van der Waals surface area (Å²) in [5.41, 5.74) is -3.97. The molecule has 0 saturated heterocycles. The van der Waals surface area contributed by atoms with E-state index in [-0.39, 0.29) is 0 Å². The average molecular weight is 587 g/mol. The highest BCUT2D eigenvalue weighted by Gasteiger charge is 2.61. The van der Waals surface area contributed by atoms with Crippen molar-refractivity contribution in [3.63, 3.8) is 0 Å². The quantitative estimate of drug-likeness (QED) is 0.134. The highest BCUT2D eigenvalue weighted by Crippen LogP contribution is 2.35. The monoisotopic (exact) mass is 586 g/mol. The van der Waals surface area contributed by atoms with Gasteiger partial charge in [0.15, 0.2) is 0 Å². The van der Waals surface area contributed by atoms with Gasteiger partial charge in [-0.2, -0.15) is 19.6 Å². The van der Waals surface area contributed by atoms with Crippen LogP contribution in [0.5, 0.6) is 0 Å². The van der Waals surface area contributed by atoms with E-state index in [1.165, 1.54) is 0 Å². The summed E-state index contributed by atoms with van der Waals surface area (Å²) in [6.45, 7) is 20.2. The van der Waals surface area contributed by atoms with Crippen LogP contribution in [0.1, 0.15) is 96.9 Å². The molecule has 16 nitrogen and oxygen atoms in total. The van der Waals surface area contributed by atoms with Gasteiger partial charge in [-0.1, -0.05) is 0 Å². The fourth-order valence-corrected chi connectivity index (χ4v) is 1.75. The van der Waals surface area contributed by atoms with E-state index in [0.717, 1.165) is 13.8 Å². The maximum Gasteiger partial charge on any atom is 0.544 e. The van der Waals surface area contributed by atoms with E-state index in [0.29, 0.717) is 0 Å². The van der Waals surface area contributed by atoms with Gasteiger partial charge in [0.25, 0.3) is 0 Å². The van der Waals surface area contributed by atoms with Crippen molar-refractivity contribution < 1.29 is 77.2 Å². The molecule has 0 fully saturated rings. The fraction of sp³-hybridized carbons (Fsp3) is 0.833. The zero-order chi connectivity index (χ0) is 31.8. The molecule has 0 spiro atoms. The molecule has 0 unspecified atom stereocenters. The molecule has 0 amide bonds. The number of hydrogen-bond donors (Lipinski definition) is 0. The highest BCUT2D eigenvalue weighted by molar-refractivity contribution is 5.65. The fourth-order valence-electron chi connectivity index (χ4n) is 1.75. The Bertz CT molecular complexity index is 733. The van der Waals surface area contributed by atoms with Crippen LogP contribution in [0.2, 0.25) is 0 Å².